The SMILES string of the molecule is Cc1ccc2oc(C(NN)C3C4CCCC43)cc2c1. The fourth-order valence-electron chi connectivity index (χ4n) is 4.09. The number of rotatable bonds is 3. The van der Waals surface area contributed by atoms with Gasteiger partial charge in [-0.15, -0.1) is 0 Å². The van der Waals surface area contributed by atoms with Gasteiger partial charge in [-0.05, 0) is 55.7 Å². The van der Waals surface area contributed by atoms with Gasteiger partial charge in [0.1, 0.15) is 11.3 Å². The maximum absolute atomic E-state index is 6.00. The molecule has 0 spiro atoms. The van der Waals surface area contributed by atoms with Gasteiger partial charge in [0.15, 0.2) is 0 Å². The average Bonchev–Trinajstić information content (AvgIpc) is 2.81. The molecule has 2 fully saturated rings. The van der Waals surface area contributed by atoms with Crippen molar-refractivity contribution < 1.29 is 4.42 Å². The second-order valence-electron chi connectivity index (χ2n) is 6.17. The third kappa shape index (κ3) is 1.72. The van der Waals surface area contributed by atoms with Crippen molar-refractivity contribution in [3.63, 3.8) is 0 Å². The summed E-state index contributed by atoms with van der Waals surface area (Å²) in [6.45, 7) is 2.11. The monoisotopic (exact) mass is 256 g/mol. The van der Waals surface area contributed by atoms with Crippen LogP contribution in [0.1, 0.15) is 36.6 Å². The van der Waals surface area contributed by atoms with Crippen LogP contribution in [0.5, 0.6) is 0 Å². The molecule has 3 nitrogen and oxygen atoms in total. The summed E-state index contributed by atoms with van der Waals surface area (Å²) in [5, 5.41) is 1.18. The fraction of sp³-hybridized carbons (Fsp3) is 0.500. The van der Waals surface area contributed by atoms with Gasteiger partial charge in [-0.3, -0.25) is 5.84 Å². The van der Waals surface area contributed by atoms with E-state index in [1.165, 1.54) is 30.2 Å². The van der Waals surface area contributed by atoms with Crippen LogP contribution < -0.4 is 11.3 Å². The van der Waals surface area contributed by atoms with E-state index in [-0.39, 0.29) is 6.04 Å². The van der Waals surface area contributed by atoms with Gasteiger partial charge in [0.05, 0.1) is 6.04 Å². The molecule has 2 aromatic rings. The highest BCUT2D eigenvalue weighted by Gasteiger charge is 2.56. The third-order valence-electron chi connectivity index (χ3n) is 5.03. The van der Waals surface area contributed by atoms with Crippen molar-refractivity contribution >= 4 is 11.0 Å². The predicted octanol–water partition coefficient (Wildman–Crippen LogP) is 3.29. The van der Waals surface area contributed by atoms with Crippen LogP contribution in [-0.4, -0.2) is 0 Å². The Kier molecular flexibility index (Phi) is 2.47. The highest BCUT2D eigenvalue weighted by atomic mass is 16.3. The zero-order valence-corrected chi connectivity index (χ0v) is 11.2. The summed E-state index contributed by atoms with van der Waals surface area (Å²) in [7, 11) is 0. The Labute approximate surface area is 113 Å². The van der Waals surface area contributed by atoms with Crippen LogP contribution in [0.15, 0.2) is 28.7 Å². The zero-order chi connectivity index (χ0) is 13.0. The number of nitrogens with one attached hydrogen (secondary N) is 1. The van der Waals surface area contributed by atoms with Crippen LogP contribution in [0.25, 0.3) is 11.0 Å². The second-order valence-corrected chi connectivity index (χ2v) is 6.17. The molecule has 0 bridgehead atoms. The Morgan fingerprint density at radius 3 is 2.79 bits per heavy atom. The number of hydrazine groups is 1. The van der Waals surface area contributed by atoms with E-state index in [0.29, 0.717) is 5.92 Å². The molecule has 3 unspecified atom stereocenters. The van der Waals surface area contributed by atoms with Gasteiger partial charge >= 0.3 is 0 Å². The number of benzene rings is 1. The molecule has 2 aliphatic carbocycles. The van der Waals surface area contributed by atoms with E-state index in [9.17, 15) is 0 Å². The molecular weight excluding hydrogens is 236 g/mol. The Balaban J connectivity index is 1.68. The molecule has 19 heavy (non-hydrogen) atoms. The van der Waals surface area contributed by atoms with E-state index in [1.807, 2.05) is 0 Å². The minimum Gasteiger partial charge on any atom is -0.459 e. The van der Waals surface area contributed by atoms with Gasteiger partial charge in [-0.1, -0.05) is 18.1 Å². The molecule has 0 aliphatic heterocycles. The van der Waals surface area contributed by atoms with Crippen molar-refractivity contribution in [3.8, 4) is 0 Å². The van der Waals surface area contributed by atoms with E-state index in [2.05, 4.69) is 36.6 Å². The van der Waals surface area contributed by atoms with Crippen molar-refractivity contribution in [2.24, 2.45) is 23.6 Å². The molecule has 2 saturated carbocycles. The summed E-state index contributed by atoms with van der Waals surface area (Å²) in [5.41, 5.74) is 5.22. The number of furan rings is 1. The molecule has 4 rings (SSSR count). The summed E-state index contributed by atoms with van der Waals surface area (Å²) in [6.07, 6.45) is 4.13. The van der Waals surface area contributed by atoms with Crippen LogP contribution in [0.2, 0.25) is 0 Å². The van der Waals surface area contributed by atoms with Crippen molar-refractivity contribution in [1.29, 1.82) is 0 Å². The van der Waals surface area contributed by atoms with Gasteiger partial charge in [-0.2, -0.15) is 0 Å². The number of hydrogen-bond acceptors (Lipinski definition) is 3. The van der Waals surface area contributed by atoms with E-state index in [1.54, 1.807) is 0 Å². The molecule has 0 saturated heterocycles. The summed E-state index contributed by atoms with van der Waals surface area (Å²) in [6, 6.07) is 8.65. The first-order valence-corrected chi connectivity index (χ1v) is 7.24. The topological polar surface area (TPSA) is 51.2 Å². The predicted molar refractivity (Wildman–Crippen MR) is 75.3 cm³/mol. The highest BCUT2D eigenvalue weighted by molar-refractivity contribution is 5.78. The van der Waals surface area contributed by atoms with E-state index in [4.69, 9.17) is 10.3 Å². The van der Waals surface area contributed by atoms with Crippen molar-refractivity contribution in [3.05, 3.63) is 35.6 Å². The second kappa shape index (κ2) is 4.09. The quantitative estimate of drug-likeness (QED) is 0.654. The maximum atomic E-state index is 6.00. The summed E-state index contributed by atoms with van der Waals surface area (Å²) < 4.78 is 6.00. The van der Waals surface area contributed by atoms with E-state index in [0.717, 1.165) is 23.2 Å². The van der Waals surface area contributed by atoms with E-state index >= 15 is 0 Å². The fourth-order valence-corrected chi connectivity index (χ4v) is 4.09. The molecule has 3 heteroatoms. The highest BCUT2D eigenvalue weighted by Crippen LogP contribution is 2.62. The van der Waals surface area contributed by atoms with Gasteiger partial charge in [0, 0.05) is 5.39 Å². The standard InChI is InChI=1S/C16H20N2O/c1-9-5-6-13-10(7-9)8-14(19-13)16(18-17)15-11-3-2-4-12(11)15/h5-8,11-12,15-16,18H,2-4,17H2,1H3. The first-order valence-electron chi connectivity index (χ1n) is 7.24. The smallest absolute Gasteiger partial charge is 0.134 e. The molecular formula is C16H20N2O. The number of aryl methyl sites for hydroxylation is 1. The lowest BCUT2D eigenvalue weighted by Gasteiger charge is -2.15. The molecule has 100 valence electrons. The maximum Gasteiger partial charge on any atom is 0.134 e. The minimum atomic E-state index is 0.183. The summed E-state index contributed by atoms with van der Waals surface area (Å²) >= 11 is 0. The Morgan fingerprint density at radius 1 is 1.26 bits per heavy atom. The molecule has 0 amide bonds. The van der Waals surface area contributed by atoms with Gasteiger partial charge in [-0.25, -0.2) is 5.43 Å². The van der Waals surface area contributed by atoms with E-state index < -0.39 is 0 Å². The lowest BCUT2D eigenvalue weighted by molar-refractivity contribution is 0.363. The van der Waals surface area contributed by atoms with Crippen LogP contribution in [0.3, 0.4) is 0 Å². The normalized spacial score (nSPS) is 30.5. The number of fused-ring (bicyclic) bond motifs is 2. The van der Waals surface area contributed by atoms with Gasteiger partial charge < -0.3 is 4.42 Å². The van der Waals surface area contributed by atoms with Crippen LogP contribution >= 0.6 is 0 Å². The summed E-state index contributed by atoms with van der Waals surface area (Å²) in [5.74, 6) is 9.22. The van der Waals surface area contributed by atoms with Gasteiger partial charge in [0.25, 0.3) is 0 Å². The van der Waals surface area contributed by atoms with Crippen LogP contribution in [0.4, 0.5) is 0 Å². The first-order chi connectivity index (χ1) is 9.28. The molecule has 3 atom stereocenters. The average molecular weight is 256 g/mol. The molecule has 2 aliphatic rings. The zero-order valence-electron chi connectivity index (χ0n) is 11.2. The molecule has 0 radical (unpaired) electrons. The largest absolute Gasteiger partial charge is 0.459 e. The Hall–Kier alpha value is -1.32. The van der Waals surface area contributed by atoms with Crippen LogP contribution in [-0.2, 0) is 0 Å². The molecule has 1 aromatic carbocycles. The lowest BCUT2D eigenvalue weighted by atomic mass is 10.0. The molecule has 1 heterocycles. The van der Waals surface area contributed by atoms with Crippen molar-refractivity contribution in [2.45, 2.75) is 32.2 Å². The van der Waals surface area contributed by atoms with Crippen molar-refractivity contribution in [2.75, 3.05) is 0 Å². The molecule has 1 aromatic heterocycles. The third-order valence-corrected chi connectivity index (χ3v) is 5.03. The first kappa shape index (κ1) is 11.5. The summed E-state index contributed by atoms with van der Waals surface area (Å²) in [4.78, 5) is 0. The number of hydrogen-bond donors (Lipinski definition) is 2. The lowest BCUT2D eigenvalue weighted by Crippen LogP contribution is -2.30. The van der Waals surface area contributed by atoms with Gasteiger partial charge in [0.2, 0.25) is 0 Å². The molecule has 3 N–H and O–H groups in total. The van der Waals surface area contributed by atoms with Crippen LogP contribution in [0, 0.1) is 24.7 Å². The Morgan fingerprint density at radius 2 is 2.05 bits per heavy atom. The van der Waals surface area contributed by atoms with Crippen molar-refractivity contribution in [1.82, 2.24) is 5.43 Å². The Bertz CT molecular complexity index is 608. The number of nitrogens with two attached hydrogens (primary N) is 1. The minimum absolute atomic E-state index is 0.183.